The van der Waals surface area contributed by atoms with Crippen molar-refractivity contribution < 1.29 is 14.3 Å². The van der Waals surface area contributed by atoms with E-state index in [2.05, 4.69) is 4.98 Å². The van der Waals surface area contributed by atoms with Crippen molar-refractivity contribution in [2.75, 3.05) is 0 Å². The Hall–Kier alpha value is -2.70. The van der Waals surface area contributed by atoms with Crippen molar-refractivity contribution >= 4 is 22.8 Å². The van der Waals surface area contributed by atoms with Crippen LogP contribution in [-0.2, 0) is 22.5 Å². The zero-order valence-electron chi connectivity index (χ0n) is 18.6. The van der Waals surface area contributed by atoms with Crippen molar-refractivity contribution in [3.05, 3.63) is 39.9 Å². The first-order chi connectivity index (χ1) is 14.9. The van der Waals surface area contributed by atoms with Gasteiger partial charge in [0.15, 0.2) is 6.10 Å². The molecule has 0 unspecified atom stereocenters. The van der Waals surface area contributed by atoms with E-state index in [4.69, 9.17) is 4.74 Å². The number of benzene rings is 1. The van der Waals surface area contributed by atoms with E-state index in [0.717, 1.165) is 50.8 Å². The number of nitrogens with zero attached hydrogens (tertiary/aromatic N) is 3. The summed E-state index contributed by atoms with van der Waals surface area (Å²) in [7, 11) is 0. The maximum absolute atomic E-state index is 12.9. The number of ether oxygens (including phenoxy) is 1. The first kappa shape index (κ1) is 21.5. The summed E-state index contributed by atoms with van der Waals surface area (Å²) < 4.78 is 7.28. The third kappa shape index (κ3) is 4.23. The van der Waals surface area contributed by atoms with Gasteiger partial charge in [-0.15, -0.1) is 0 Å². The molecule has 0 saturated carbocycles. The highest BCUT2D eigenvalue weighted by atomic mass is 16.5. The molecule has 3 heterocycles. The average Bonchev–Trinajstić information content (AvgIpc) is 2.99. The Morgan fingerprint density at radius 2 is 1.84 bits per heavy atom. The number of aromatic nitrogens is 2. The quantitative estimate of drug-likeness (QED) is 0.704. The Morgan fingerprint density at radius 3 is 2.58 bits per heavy atom. The molecule has 0 N–H and O–H groups in total. The minimum absolute atomic E-state index is 0.0570. The Labute approximate surface area is 182 Å². The predicted octanol–water partition coefficient (Wildman–Crippen LogP) is 3.46. The zero-order valence-corrected chi connectivity index (χ0v) is 18.6. The van der Waals surface area contributed by atoms with Crippen LogP contribution in [0.25, 0.3) is 10.9 Å². The van der Waals surface area contributed by atoms with Crippen LogP contribution >= 0.6 is 0 Å². The number of fused-ring (bicyclic) bond motifs is 2. The normalized spacial score (nSPS) is 22.5. The number of hydrogen-bond acceptors (Lipinski definition) is 5. The van der Waals surface area contributed by atoms with E-state index in [9.17, 15) is 14.4 Å². The maximum atomic E-state index is 12.9. The molecule has 2 aliphatic rings. The van der Waals surface area contributed by atoms with Gasteiger partial charge >= 0.3 is 5.97 Å². The molecule has 0 radical (unpaired) electrons. The third-order valence-electron chi connectivity index (χ3n) is 6.63. The fourth-order valence-electron chi connectivity index (χ4n) is 4.89. The van der Waals surface area contributed by atoms with Gasteiger partial charge < -0.3 is 9.64 Å². The first-order valence-corrected chi connectivity index (χ1v) is 11.4. The molecule has 7 nitrogen and oxygen atoms in total. The van der Waals surface area contributed by atoms with E-state index >= 15 is 0 Å². The van der Waals surface area contributed by atoms with Gasteiger partial charge in [-0.2, -0.15) is 0 Å². The molecule has 1 saturated heterocycles. The van der Waals surface area contributed by atoms with Gasteiger partial charge in [-0.3, -0.25) is 14.2 Å². The Bertz CT molecular complexity index is 1050. The van der Waals surface area contributed by atoms with Crippen molar-refractivity contribution in [1.82, 2.24) is 14.5 Å². The highest BCUT2D eigenvalue weighted by molar-refractivity contribution is 5.95. The average molecular weight is 426 g/mol. The molecular weight excluding hydrogens is 394 g/mol. The topological polar surface area (TPSA) is 81.5 Å². The summed E-state index contributed by atoms with van der Waals surface area (Å²) in [4.78, 5) is 45.1. The monoisotopic (exact) mass is 425 g/mol. The van der Waals surface area contributed by atoms with E-state index in [1.54, 1.807) is 29.7 Å². The summed E-state index contributed by atoms with van der Waals surface area (Å²) in [6, 6.07) is 5.12. The van der Waals surface area contributed by atoms with Crippen molar-refractivity contribution in [2.24, 2.45) is 0 Å². The summed E-state index contributed by atoms with van der Waals surface area (Å²) >= 11 is 0. The van der Waals surface area contributed by atoms with Gasteiger partial charge in [0.05, 0.1) is 16.5 Å². The fourth-order valence-corrected chi connectivity index (χ4v) is 4.89. The summed E-state index contributed by atoms with van der Waals surface area (Å²) in [5.41, 5.74) is 0.751. The summed E-state index contributed by atoms with van der Waals surface area (Å²) in [6.07, 6.45) is 6.00. The minimum Gasteiger partial charge on any atom is -0.449 e. The van der Waals surface area contributed by atoms with Crippen LogP contribution in [0.15, 0.2) is 23.0 Å². The van der Waals surface area contributed by atoms with Crippen LogP contribution in [0.3, 0.4) is 0 Å². The van der Waals surface area contributed by atoms with Gasteiger partial charge in [0.25, 0.3) is 11.5 Å². The molecule has 7 heteroatoms. The van der Waals surface area contributed by atoms with Gasteiger partial charge in [-0.1, -0.05) is 6.42 Å². The van der Waals surface area contributed by atoms with Crippen LogP contribution in [-0.4, -0.2) is 44.5 Å². The maximum Gasteiger partial charge on any atom is 0.338 e. The molecule has 1 aromatic heterocycles. The van der Waals surface area contributed by atoms with Gasteiger partial charge in [0.1, 0.15) is 5.82 Å². The molecule has 166 valence electrons. The molecule has 1 fully saturated rings. The lowest BCUT2D eigenvalue weighted by Crippen LogP contribution is -2.51. The predicted molar refractivity (Wildman–Crippen MR) is 118 cm³/mol. The number of amides is 1. The molecule has 3 atom stereocenters. The number of hydrogen-bond donors (Lipinski definition) is 0. The largest absolute Gasteiger partial charge is 0.449 e. The van der Waals surface area contributed by atoms with Crippen molar-refractivity contribution in [3.63, 3.8) is 0 Å². The second kappa shape index (κ2) is 8.81. The summed E-state index contributed by atoms with van der Waals surface area (Å²) in [6.45, 7) is 6.39. The zero-order chi connectivity index (χ0) is 22.1. The van der Waals surface area contributed by atoms with Crippen LogP contribution in [0.5, 0.6) is 0 Å². The third-order valence-corrected chi connectivity index (χ3v) is 6.63. The highest BCUT2D eigenvalue weighted by Crippen LogP contribution is 2.24. The summed E-state index contributed by atoms with van der Waals surface area (Å²) in [5.74, 6) is 0.0459. The fraction of sp³-hybridized carbons (Fsp3) is 0.583. The van der Waals surface area contributed by atoms with Gasteiger partial charge in [0, 0.05) is 25.0 Å². The van der Waals surface area contributed by atoms with E-state index in [1.165, 1.54) is 0 Å². The van der Waals surface area contributed by atoms with E-state index in [-0.39, 0.29) is 23.6 Å². The van der Waals surface area contributed by atoms with E-state index in [1.807, 2.05) is 18.7 Å². The lowest BCUT2D eigenvalue weighted by molar-refractivity contribution is -0.146. The van der Waals surface area contributed by atoms with Crippen LogP contribution in [0.4, 0.5) is 0 Å². The van der Waals surface area contributed by atoms with Crippen molar-refractivity contribution in [2.45, 2.75) is 90.4 Å². The van der Waals surface area contributed by atoms with Gasteiger partial charge in [-0.05, 0) is 71.1 Å². The molecule has 0 aliphatic carbocycles. The van der Waals surface area contributed by atoms with Crippen molar-refractivity contribution in [3.8, 4) is 0 Å². The van der Waals surface area contributed by atoms with Crippen LogP contribution < -0.4 is 5.56 Å². The highest BCUT2D eigenvalue weighted by Gasteiger charge is 2.33. The van der Waals surface area contributed by atoms with E-state index < -0.39 is 12.1 Å². The molecule has 1 aromatic carbocycles. The first-order valence-electron chi connectivity index (χ1n) is 11.4. The van der Waals surface area contributed by atoms with Crippen molar-refractivity contribution in [1.29, 1.82) is 0 Å². The second-order valence-electron chi connectivity index (χ2n) is 8.95. The number of carbonyl (C=O) groups excluding carboxylic acids is 2. The van der Waals surface area contributed by atoms with Gasteiger partial charge in [0.2, 0.25) is 0 Å². The number of likely N-dealkylation sites (tertiary alicyclic amines) is 1. The lowest BCUT2D eigenvalue weighted by atomic mass is 9.97. The molecular formula is C24H31N3O4. The number of esters is 1. The molecule has 0 spiro atoms. The number of carbonyl (C=O) groups is 2. The molecule has 2 aliphatic heterocycles. The summed E-state index contributed by atoms with van der Waals surface area (Å²) in [5, 5.41) is 0.502. The number of piperidine rings is 1. The van der Waals surface area contributed by atoms with Crippen LogP contribution in [0, 0.1) is 0 Å². The molecule has 0 bridgehead atoms. The smallest absolute Gasteiger partial charge is 0.338 e. The Morgan fingerprint density at radius 1 is 1.10 bits per heavy atom. The Kier molecular flexibility index (Phi) is 6.12. The molecule has 2 aromatic rings. The number of aryl methyl sites for hydroxylation is 1. The molecule has 4 rings (SSSR count). The van der Waals surface area contributed by atoms with Gasteiger partial charge in [-0.25, -0.2) is 9.78 Å². The van der Waals surface area contributed by atoms with Crippen LogP contribution in [0.1, 0.15) is 75.5 Å². The molecule has 31 heavy (non-hydrogen) atoms. The SMILES string of the molecule is C[C@@H](OC(=O)c1ccc2c(=O)n3c(nc2c1)CCCCC3)C(=O)N1[C@@H](C)CCC[C@@H]1C. The molecule has 1 amide bonds. The number of rotatable bonds is 3. The minimum atomic E-state index is -0.864. The lowest BCUT2D eigenvalue weighted by Gasteiger charge is -2.40. The second-order valence-corrected chi connectivity index (χ2v) is 8.95. The Balaban J connectivity index is 1.55. The standard InChI is InChI=1S/C24H31N3O4/c1-15-8-7-9-16(2)27(15)22(28)17(3)31-24(30)18-11-12-19-20(14-18)25-21-10-5-4-6-13-26(21)23(19)29/h11-12,14-17H,4-10,13H2,1-3H3/t15-,16-,17+/m0/s1. The van der Waals surface area contributed by atoms with Crippen LogP contribution in [0.2, 0.25) is 0 Å². The van der Waals surface area contributed by atoms with E-state index in [0.29, 0.717) is 23.0 Å².